The van der Waals surface area contributed by atoms with E-state index in [1.54, 1.807) is 23.1 Å². The number of piperazine rings is 1. The number of halogens is 1. The number of anilines is 2. The van der Waals surface area contributed by atoms with Crippen molar-refractivity contribution in [3.8, 4) is 5.69 Å². The zero-order chi connectivity index (χ0) is 20.2. The van der Waals surface area contributed by atoms with Gasteiger partial charge in [-0.05, 0) is 36.8 Å². The highest BCUT2D eigenvalue weighted by Gasteiger charge is 2.23. The van der Waals surface area contributed by atoms with E-state index >= 15 is 0 Å². The van der Waals surface area contributed by atoms with E-state index in [0.717, 1.165) is 31.9 Å². The fourth-order valence-corrected chi connectivity index (χ4v) is 3.89. The van der Waals surface area contributed by atoms with Crippen molar-refractivity contribution in [2.24, 2.45) is 0 Å². The number of aryl methyl sites for hydroxylation is 1. The van der Waals surface area contributed by atoms with Gasteiger partial charge < -0.3 is 15.1 Å². The number of aromatic nitrogens is 3. The molecule has 1 aliphatic rings. The summed E-state index contributed by atoms with van der Waals surface area (Å²) in [6.45, 7) is 6.29. The minimum Gasteiger partial charge on any atom is -0.360 e. The van der Waals surface area contributed by atoms with Crippen LogP contribution in [0.5, 0.6) is 0 Å². The van der Waals surface area contributed by atoms with Crippen LogP contribution in [0, 0.1) is 6.92 Å². The molecule has 0 atom stereocenters. The van der Waals surface area contributed by atoms with Crippen molar-refractivity contribution in [2.75, 3.05) is 42.9 Å². The summed E-state index contributed by atoms with van der Waals surface area (Å²) >= 11 is 6.13. The van der Waals surface area contributed by atoms with Gasteiger partial charge in [-0.2, -0.15) is 5.10 Å². The minimum atomic E-state index is -0.0343. The molecule has 1 aliphatic heterocycles. The quantitative estimate of drug-likeness (QED) is 0.668. The third kappa shape index (κ3) is 4.58. The van der Waals surface area contributed by atoms with E-state index in [0.29, 0.717) is 17.3 Å². The lowest BCUT2D eigenvalue weighted by atomic mass is 10.1. The molecule has 8 heteroatoms. The molecular formula is C21H24ClN6O+. The van der Waals surface area contributed by atoms with Crippen LogP contribution in [-0.2, 0) is 4.79 Å². The first-order chi connectivity index (χ1) is 14.1. The number of quaternary nitrogens is 1. The molecule has 0 spiro atoms. The second kappa shape index (κ2) is 8.63. The first-order valence-electron chi connectivity index (χ1n) is 9.69. The van der Waals surface area contributed by atoms with E-state index in [2.05, 4.69) is 51.5 Å². The van der Waals surface area contributed by atoms with Crippen LogP contribution in [0.15, 0.2) is 55.1 Å². The maximum Gasteiger partial charge on any atom is 0.279 e. The standard InChI is InChI=1S/C21H23ClN6O/c1-16-4-2-3-5-19(16)27-10-8-26(9-11-27)13-21(29)25-18-12-17(22)6-7-20(18)28-15-23-14-24-28/h2-7,12,14-15H,8-11,13H2,1H3,(H,25,29)/p+1. The number of carbonyl (C=O) groups excluding carboxylic acids is 1. The van der Waals surface area contributed by atoms with E-state index < -0.39 is 0 Å². The van der Waals surface area contributed by atoms with Gasteiger partial charge in [-0.15, -0.1) is 0 Å². The van der Waals surface area contributed by atoms with E-state index in [-0.39, 0.29) is 5.91 Å². The Morgan fingerprint density at radius 1 is 1.17 bits per heavy atom. The molecule has 0 saturated carbocycles. The molecular weight excluding hydrogens is 388 g/mol. The molecule has 0 radical (unpaired) electrons. The third-order valence-corrected chi connectivity index (χ3v) is 5.47. The molecule has 3 aromatic rings. The number of para-hydroxylation sites is 1. The molecule has 1 fully saturated rings. The monoisotopic (exact) mass is 411 g/mol. The number of nitrogens with one attached hydrogen (secondary N) is 2. The van der Waals surface area contributed by atoms with Crippen LogP contribution in [0.2, 0.25) is 5.02 Å². The van der Waals surface area contributed by atoms with Crippen molar-refractivity contribution >= 4 is 28.9 Å². The van der Waals surface area contributed by atoms with Gasteiger partial charge in [-0.25, -0.2) is 9.67 Å². The van der Waals surface area contributed by atoms with Crippen LogP contribution >= 0.6 is 11.6 Å². The van der Waals surface area contributed by atoms with E-state index in [4.69, 9.17) is 11.6 Å². The Kier molecular flexibility index (Phi) is 5.78. The molecule has 4 rings (SSSR count). The molecule has 1 saturated heterocycles. The number of carbonyl (C=O) groups is 1. The molecule has 7 nitrogen and oxygen atoms in total. The van der Waals surface area contributed by atoms with Gasteiger partial charge in [0.2, 0.25) is 0 Å². The van der Waals surface area contributed by atoms with Gasteiger partial charge in [0.1, 0.15) is 12.7 Å². The Labute approximate surface area is 174 Å². The van der Waals surface area contributed by atoms with Crippen molar-refractivity contribution in [3.63, 3.8) is 0 Å². The van der Waals surface area contributed by atoms with Crippen molar-refractivity contribution in [1.29, 1.82) is 0 Å². The summed E-state index contributed by atoms with van der Waals surface area (Å²) in [5, 5.41) is 7.70. The summed E-state index contributed by atoms with van der Waals surface area (Å²) in [7, 11) is 0. The predicted molar refractivity (Wildman–Crippen MR) is 114 cm³/mol. The Balaban J connectivity index is 1.37. The number of benzene rings is 2. The largest absolute Gasteiger partial charge is 0.360 e. The highest BCUT2D eigenvalue weighted by atomic mass is 35.5. The molecule has 2 N–H and O–H groups in total. The molecule has 0 bridgehead atoms. The van der Waals surface area contributed by atoms with Crippen LogP contribution in [0.3, 0.4) is 0 Å². The molecule has 1 amide bonds. The summed E-state index contributed by atoms with van der Waals surface area (Å²) in [5.41, 5.74) is 3.94. The first kappa shape index (κ1) is 19.4. The van der Waals surface area contributed by atoms with E-state index in [9.17, 15) is 4.79 Å². The first-order valence-corrected chi connectivity index (χ1v) is 10.1. The van der Waals surface area contributed by atoms with Crippen LogP contribution in [-0.4, -0.2) is 53.4 Å². The van der Waals surface area contributed by atoms with Gasteiger partial charge >= 0.3 is 0 Å². The Hall–Kier alpha value is -2.90. The normalized spacial score (nSPS) is 14.8. The van der Waals surface area contributed by atoms with Gasteiger partial charge in [0, 0.05) is 10.7 Å². The van der Waals surface area contributed by atoms with Crippen molar-refractivity contribution in [3.05, 3.63) is 65.7 Å². The highest BCUT2D eigenvalue weighted by Crippen LogP contribution is 2.24. The fraction of sp³-hybridized carbons (Fsp3) is 0.286. The lowest BCUT2D eigenvalue weighted by Gasteiger charge is -2.34. The molecule has 2 aromatic carbocycles. The molecule has 1 aromatic heterocycles. The minimum absolute atomic E-state index is 0.0343. The average Bonchev–Trinajstić information content (AvgIpc) is 3.24. The summed E-state index contributed by atoms with van der Waals surface area (Å²) < 4.78 is 1.61. The molecule has 0 unspecified atom stereocenters. The van der Waals surface area contributed by atoms with E-state index in [1.165, 1.54) is 22.5 Å². The summed E-state index contributed by atoms with van der Waals surface area (Å²) in [6.07, 6.45) is 3.05. The predicted octanol–water partition coefficient (Wildman–Crippen LogP) is 1.57. The van der Waals surface area contributed by atoms with Crippen LogP contribution < -0.4 is 15.1 Å². The van der Waals surface area contributed by atoms with Crippen LogP contribution in [0.4, 0.5) is 11.4 Å². The Bertz CT molecular complexity index is 983. The highest BCUT2D eigenvalue weighted by molar-refractivity contribution is 6.31. The maximum absolute atomic E-state index is 12.7. The molecule has 150 valence electrons. The second-order valence-corrected chi connectivity index (χ2v) is 7.69. The van der Waals surface area contributed by atoms with Crippen LogP contribution in [0.1, 0.15) is 5.56 Å². The zero-order valence-corrected chi connectivity index (χ0v) is 17.1. The third-order valence-electron chi connectivity index (χ3n) is 5.24. The van der Waals surface area contributed by atoms with Crippen molar-refractivity contribution < 1.29 is 9.69 Å². The second-order valence-electron chi connectivity index (χ2n) is 7.25. The smallest absolute Gasteiger partial charge is 0.279 e. The molecule has 29 heavy (non-hydrogen) atoms. The lowest BCUT2D eigenvalue weighted by molar-refractivity contribution is -0.892. The molecule has 0 aliphatic carbocycles. The van der Waals surface area contributed by atoms with Gasteiger partial charge in [0.05, 0.1) is 37.6 Å². The van der Waals surface area contributed by atoms with Crippen molar-refractivity contribution in [2.45, 2.75) is 6.92 Å². The zero-order valence-electron chi connectivity index (χ0n) is 16.3. The summed E-state index contributed by atoms with van der Waals surface area (Å²) in [5.74, 6) is -0.0343. The van der Waals surface area contributed by atoms with Gasteiger partial charge in [-0.3, -0.25) is 4.79 Å². The number of nitrogens with zero attached hydrogens (tertiary/aromatic N) is 4. The number of hydrogen-bond donors (Lipinski definition) is 2. The average molecular weight is 412 g/mol. The number of rotatable bonds is 5. The molecule has 2 heterocycles. The number of hydrogen-bond acceptors (Lipinski definition) is 4. The van der Waals surface area contributed by atoms with Gasteiger partial charge in [0.15, 0.2) is 6.54 Å². The Morgan fingerprint density at radius 2 is 1.97 bits per heavy atom. The Morgan fingerprint density at radius 3 is 2.69 bits per heavy atom. The van der Waals surface area contributed by atoms with Crippen LogP contribution in [0.25, 0.3) is 5.69 Å². The van der Waals surface area contributed by atoms with Crippen molar-refractivity contribution in [1.82, 2.24) is 14.8 Å². The van der Waals surface area contributed by atoms with Gasteiger partial charge in [-0.1, -0.05) is 29.8 Å². The summed E-state index contributed by atoms with van der Waals surface area (Å²) in [4.78, 5) is 20.3. The van der Waals surface area contributed by atoms with Gasteiger partial charge in [0.25, 0.3) is 5.91 Å². The lowest BCUT2D eigenvalue weighted by Crippen LogP contribution is -3.15. The SMILES string of the molecule is Cc1ccccc1N1CC[NH+](CC(=O)Nc2cc(Cl)ccc2-n2cncn2)CC1. The summed E-state index contributed by atoms with van der Waals surface area (Å²) in [6, 6.07) is 13.8. The van der Waals surface area contributed by atoms with E-state index in [1.807, 2.05) is 6.07 Å². The number of amides is 1. The topological polar surface area (TPSA) is 67.5 Å². The fourth-order valence-electron chi connectivity index (χ4n) is 3.72. The maximum atomic E-state index is 12.7.